The van der Waals surface area contributed by atoms with Gasteiger partial charge in [0.1, 0.15) is 5.44 Å². The van der Waals surface area contributed by atoms with Crippen LogP contribution in [0.25, 0.3) is 5.69 Å². The third kappa shape index (κ3) is 2.96. The van der Waals surface area contributed by atoms with E-state index in [1.54, 1.807) is 16.7 Å². The Morgan fingerprint density at radius 3 is 2.07 bits per heavy atom. The van der Waals surface area contributed by atoms with Gasteiger partial charge < -0.3 is 9.05 Å². The molecule has 4 rings (SSSR count). The van der Waals surface area contributed by atoms with Crippen LogP contribution in [0.5, 0.6) is 0 Å². The maximum absolute atomic E-state index is 13.5. The second-order valence-corrected chi connectivity index (χ2v) is 8.86. The van der Waals surface area contributed by atoms with Crippen LogP contribution in [0.4, 0.5) is 0 Å². The van der Waals surface area contributed by atoms with Crippen LogP contribution in [0.2, 0.25) is 0 Å². The molecule has 1 aliphatic carbocycles. The minimum Gasteiger partial charge on any atom is -0.308 e. The molecule has 0 spiro atoms. The summed E-state index contributed by atoms with van der Waals surface area (Å²) in [6, 6.07) is 18.7. The summed E-state index contributed by atoms with van der Waals surface area (Å²) in [5, 5.41) is 0. The summed E-state index contributed by atoms with van der Waals surface area (Å²) in [7, 11) is -0.814. The molecule has 0 atom stereocenters. The molecule has 0 unspecified atom stereocenters. The molecule has 1 aliphatic rings. The molecule has 0 aliphatic heterocycles. The Morgan fingerprint density at radius 2 is 1.46 bits per heavy atom. The molecule has 6 heteroatoms. The molecule has 0 amide bonds. The quantitative estimate of drug-likeness (QED) is 0.461. The topological polar surface area (TPSA) is 57.5 Å². The Balaban J connectivity index is 2.06. The minimum absolute atomic E-state index is 0.0902. The maximum Gasteiger partial charge on any atom is 0.377 e. The van der Waals surface area contributed by atoms with Gasteiger partial charge in [0.05, 0.1) is 5.69 Å². The zero-order valence-corrected chi connectivity index (χ0v) is 16.8. The number of rotatable bonds is 6. The van der Waals surface area contributed by atoms with Gasteiger partial charge >= 0.3 is 7.60 Å². The molecule has 1 aromatic heterocycles. The second kappa shape index (κ2) is 7.51. The van der Waals surface area contributed by atoms with E-state index in [1.165, 1.54) is 14.2 Å². The van der Waals surface area contributed by atoms with E-state index in [2.05, 4.69) is 0 Å². The highest BCUT2D eigenvalue weighted by Gasteiger charge is 2.40. The smallest absolute Gasteiger partial charge is 0.308 e. The Morgan fingerprint density at radius 1 is 0.893 bits per heavy atom. The summed E-state index contributed by atoms with van der Waals surface area (Å²) in [5.41, 5.74) is 4.24. The molecule has 3 aromatic rings. The number of aromatic nitrogens is 1. The largest absolute Gasteiger partial charge is 0.377 e. The van der Waals surface area contributed by atoms with Crippen LogP contribution < -0.4 is 5.44 Å². The van der Waals surface area contributed by atoms with Gasteiger partial charge in [-0.2, -0.15) is 0 Å². The predicted octanol–water partition coefficient (Wildman–Crippen LogP) is 4.31. The van der Waals surface area contributed by atoms with Crippen LogP contribution in [0, 0.1) is 0 Å². The van der Waals surface area contributed by atoms with Crippen molar-refractivity contribution in [3.63, 3.8) is 0 Å². The molecular weight excluding hydrogens is 373 g/mol. The van der Waals surface area contributed by atoms with E-state index in [1.807, 2.05) is 48.5 Å². The van der Waals surface area contributed by atoms with Gasteiger partial charge in [0.15, 0.2) is 0 Å². The molecule has 0 saturated heterocycles. The number of nitrogens with zero attached hydrogens (tertiary/aromatic N) is 1. The van der Waals surface area contributed by atoms with Gasteiger partial charge in [0, 0.05) is 25.5 Å². The first-order valence-electron chi connectivity index (χ1n) is 9.24. The predicted molar refractivity (Wildman–Crippen MR) is 109 cm³/mol. The zero-order chi connectivity index (χ0) is 19.7. The third-order valence-corrected chi connectivity index (χ3v) is 7.16. The second-order valence-electron chi connectivity index (χ2n) is 6.71. The average Bonchev–Trinajstić information content (AvgIpc) is 3.34. The van der Waals surface area contributed by atoms with Gasteiger partial charge in [-0.25, -0.2) is 0 Å². The van der Waals surface area contributed by atoms with Crippen molar-refractivity contribution in [3.05, 3.63) is 83.0 Å². The van der Waals surface area contributed by atoms with Crippen molar-refractivity contribution < 1.29 is 18.4 Å². The fraction of sp³-hybridized carbons (Fsp3) is 0.227. The van der Waals surface area contributed by atoms with Gasteiger partial charge in [0.2, 0.25) is 5.78 Å². The number of hydrogen-bond donors (Lipinski definition) is 0. The molecule has 5 nitrogen and oxygen atoms in total. The van der Waals surface area contributed by atoms with Crippen molar-refractivity contribution in [1.29, 1.82) is 0 Å². The summed E-state index contributed by atoms with van der Waals surface area (Å²) in [4.78, 5) is 13.5. The van der Waals surface area contributed by atoms with Crippen LogP contribution in [-0.4, -0.2) is 24.6 Å². The molecule has 0 N–H and O–H groups in total. The molecule has 0 bridgehead atoms. The number of hydrogen-bond acceptors (Lipinski definition) is 4. The monoisotopic (exact) mass is 395 g/mol. The van der Waals surface area contributed by atoms with Crippen LogP contribution in [0.1, 0.15) is 33.6 Å². The minimum atomic E-state index is -3.58. The third-order valence-electron chi connectivity index (χ3n) is 5.21. The van der Waals surface area contributed by atoms with Gasteiger partial charge in [-0.15, -0.1) is 0 Å². The van der Waals surface area contributed by atoms with E-state index in [-0.39, 0.29) is 5.78 Å². The Labute approximate surface area is 164 Å². The number of carbonyl (C=O) groups excluding carboxylic acids is 1. The molecule has 0 fully saturated rings. The standard InChI is InChI=1S/C22H22NO4P/c1-26-28(25,27-2)22-19-15-9-14-18(19)20(21(24)16-10-5-3-6-11-16)23(22)17-12-7-4-8-13-17/h3-8,10-13H,9,14-15H2,1-2H3. The first-order chi connectivity index (χ1) is 13.6. The van der Waals surface area contributed by atoms with E-state index in [0.717, 1.165) is 36.1 Å². The lowest BCUT2D eigenvalue weighted by molar-refractivity contribution is 0.103. The lowest BCUT2D eigenvalue weighted by Crippen LogP contribution is -2.24. The van der Waals surface area contributed by atoms with E-state index in [0.29, 0.717) is 16.7 Å². The summed E-state index contributed by atoms with van der Waals surface area (Å²) in [6.07, 6.45) is 2.43. The Bertz CT molecular complexity index is 1050. The Kier molecular flexibility index (Phi) is 5.07. The first kappa shape index (κ1) is 18.9. The lowest BCUT2D eigenvalue weighted by atomic mass is 10.0. The Hall–Kier alpha value is -2.46. The van der Waals surface area contributed by atoms with Crippen LogP contribution in [-0.2, 0) is 26.5 Å². The zero-order valence-electron chi connectivity index (χ0n) is 15.9. The maximum atomic E-state index is 13.5. The molecular formula is C22H22NO4P. The summed E-state index contributed by atoms with van der Waals surface area (Å²) >= 11 is 0. The average molecular weight is 395 g/mol. The molecule has 144 valence electrons. The first-order valence-corrected chi connectivity index (χ1v) is 10.8. The molecule has 2 aromatic carbocycles. The summed E-state index contributed by atoms with van der Waals surface area (Å²) < 4.78 is 26.0. The SMILES string of the molecule is COP(=O)(OC)c1c2c(c(C(=O)c3ccccc3)n1-c1ccccc1)CCC2. The summed E-state index contributed by atoms with van der Waals surface area (Å²) in [5.74, 6) is -0.0902. The van der Waals surface area contributed by atoms with Crippen LogP contribution >= 0.6 is 7.60 Å². The molecule has 0 radical (unpaired) electrons. The highest BCUT2D eigenvalue weighted by atomic mass is 31.2. The van der Waals surface area contributed by atoms with Crippen LogP contribution in [0.3, 0.4) is 0 Å². The van der Waals surface area contributed by atoms with Gasteiger partial charge in [-0.3, -0.25) is 13.9 Å². The highest BCUT2D eigenvalue weighted by Crippen LogP contribution is 2.49. The van der Waals surface area contributed by atoms with Crippen molar-refractivity contribution in [3.8, 4) is 5.69 Å². The van der Waals surface area contributed by atoms with Gasteiger partial charge in [-0.1, -0.05) is 48.5 Å². The number of fused-ring (bicyclic) bond motifs is 1. The number of carbonyl (C=O) groups is 1. The van der Waals surface area contributed by atoms with Gasteiger partial charge in [0.25, 0.3) is 0 Å². The van der Waals surface area contributed by atoms with Crippen molar-refractivity contribution in [2.24, 2.45) is 0 Å². The summed E-state index contributed by atoms with van der Waals surface area (Å²) in [6.45, 7) is 0. The lowest BCUT2D eigenvalue weighted by Gasteiger charge is -2.20. The van der Waals surface area contributed by atoms with Crippen molar-refractivity contribution in [2.45, 2.75) is 19.3 Å². The normalized spacial score (nSPS) is 13.5. The molecule has 0 saturated carbocycles. The fourth-order valence-electron chi connectivity index (χ4n) is 3.96. The van der Waals surface area contributed by atoms with Crippen molar-refractivity contribution in [2.75, 3.05) is 14.2 Å². The van der Waals surface area contributed by atoms with E-state index >= 15 is 0 Å². The number of benzene rings is 2. The van der Waals surface area contributed by atoms with Crippen molar-refractivity contribution in [1.82, 2.24) is 4.57 Å². The van der Waals surface area contributed by atoms with E-state index < -0.39 is 7.60 Å². The highest BCUT2D eigenvalue weighted by molar-refractivity contribution is 7.62. The van der Waals surface area contributed by atoms with Crippen LogP contribution in [0.15, 0.2) is 60.7 Å². The fourth-order valence-corrected chi connectivity index (χ4v) is 5.49. The van der Waals surface area contributed by atoms with Crippen molar-refractivity contribution >= 4 is 18.8 Å². The number of ketones is 1. The molecule has 1 heterocycles. The molecule has 28 heavy (non-hydrogen) atoms. The van der Waals surface area contributed by atoms with E-state index in [4.69, 9.17) is 9.05 Å². The van der Waals surface area contributed by atoms with E-state index in [9.17, 15) is 9.36 Å². The number of para-hydroxylation sites is 1. The van der Waals surface area contributed by atoms with Gasteiger partial charge in [-0.05, 0) is 42.5 Å².